The second-order valence-electron chi connectivity index (χ2n) is 6.18. The van der Waals surface area contributed by atoms with E-state index in [4.69, 9.17) is 5.73 Å². The van der Waals surface area contributed by atoms with Gasteiger partial charge in [-0.25, -0.2) is 0 Å². The number of nitrogens with zero attached hydrogens (tertiary/aromatic N) is 2. The van der Waals surface area contributed by atoms with Crippen LogP contribution in [0.15, 0.2) is 12.1 Å². The van der Waals surface area contributed by atoms with Crippen LogP contribution in [0.5, 0.6) is 0 Å². The second-order valence-corrected chi connectivity index (χ2v) is 6.18. The summed E-state index contributed by atoms with van der Waals surface area (Å²) >= 11 is 0. The van der Waals surface area contributed by atoms with Gasteiger partial charge in [-0.05, 0) is 30.0 Å². The van der Waals surface area contributed by atoms with Crippen molar-refractivity contribution in [3.05, 3.63) is 23.3 Å². The Bertz CT molecular complexity index is 547. The van der Waals surface area contributed by atoms with Crippen molar-refractivity contribution in [2.24, 2.45) is 5.73 Å². The number of hydrogen-bond acceptors (Lipinski definition) is 3. The lowest BCUT2D eigenvalue weighted by molar-refractivity contribution is 0.564. The fraction of sp³-hybridized carbons (Fsp3) is 0.667. The van der Waals surface area contributed by atoms with Crippen molar-refractivity contribution in [2.45, 2.75) is 77.7 Å². The summed E-state index contributed by atoms with van der Waals surface area (Å²) in [5, 5.41) is 11.0. The number of benzene rings is 1. The Hall–Kier alpha value is -1.42. The van der Waals surface area contributed by atoms with Crippen molar-refractivity contribution in [3.63, 3.8) is 0 Å². The van der Waals surface area contributed by atoms with Gasteiger partial charge < -0.3 is 5.73 Å². The Morgan fingerprint density at radius 3 is 2.27 bits per heavy atom. The lowest BCUT2D eigenvalue weighted by Gasteiger charge is -2.08. The molecule has 0 radical (unpaired) electrons. The highest BCUT2D eigenvalue weighted by atomic mass is 15.3. The first kappa shape index (κ1) is 16.9. The summed E-state index contributed by atoms with van der Waals surface area (Å²) < 4.78 is 0. The lowest BCUT2D eigenvalue weighted by atomic mass is 9.99. The number of unbranched alkanes of at least 4 members (excludes halogenated alkanes) is 8. The molecule has 4 heteroatoms. The highest BCUT2D eigenvalue weighted by Crippen LogP contribution is 2.21. The topological polar surface area (TPSA) is 67.6 Å². The molecule has 0 atom stereocenters. The molecule has 0 aliphatic carbocycles. The third kappa shape index (κ3) is 4.80. The smallest absolute Gasteiger partial charge is 0.117 e. The predicted octanol–water partition coefficient (Wildman–Crippen LogP) is 4.49. The molecule has 1 aromatic heterocycles. The SMILES string of the molecule is CCCCCCCCCCCc1ccc2n[nH]nc2c1CN. The molecule has 4 nitrogen and oxygen atoms in total. The molecule has 0 amide bonds. The van der Waals surface area contributed by atoms with Gasteiger partial charge in [0.2, 0.25) is 0 Å². The number of aryl methyl sites for hydroxylation is 1. The van der Waals surface area contributed by atoms with Gasteiger partial charge in [0, 0.05) is 6.54 Å². The molecule has 0 aliphatic heterocycles. The Morgan fingerprint density at radius 2 is 1.59 bits per heavy atom. The van der Waals surface area contributed by atoms with E-state index in [-0.39, 0.29) is 0 Å². The van der Waals surface area contributed by atoms with Crippen LogP contribution >= 0.6 is 0 Å². The minimum Gasteiger partial charge on any atom is -0.326 e. The number of H-pyrrole nitrogens is 1. The summed E-state index contributed by atoms with van der Waals surface area (Å²) in [6, 6.07) is 4.21. The number of rotatable bonds is 11. The molecule has 0 unspecified atom stereocenters. The number of fused-ring (bicyclic) bond motifs is 1. The molecular formula is C18H30N4. The van der Waals surface area contributed by atoms with Crippen LogP contribution in [0.25, 0.3) is 11.0 Å². The molecule has 1 aromatic carbocycles. The van der Waals surface area contributed by atoms with Crippen LogP contribution in [0, 0.1) is 0 Å². The Labute approximate surface area is 133 Å². The maximum absolute atomic E-state index is 5.90. The molecule has 0 bridgehead atoms. The van der Waals surface area contributed by atoms with Crippen molar-refractivity contribution in [2.75, 3.05) is 0 Å². The fourth-order valence-corrected chi connectivity index (χ4v) is 3.10. The van der Waals surface area contributed by atoms with E-state index in [9.17, 15) is 0 Å². The van der Waals surface area contributed by atoms with E-state index in [0.717, 1.165) is 23.0 Å². The van der Waals surface area contributed by atoms with Gasteiger partial charge in [0.05, 0.1) is 0 Å². The van der Waals surface area contributed by atoms with Gasteiger partial charge >= 0.3 is 0 Å². The molecule has 2 rings (SSSR count). The van der Waals surface area contributed by atoms with Gasteiger partial charge in [-0.1, -0.05) is 64.4 Å². The number of nitrogens with two attached hydrogens (primary N) is 1. The van der Waals surface area contributed by atoms with Crippen LogP contribution in [0.1, 0.15) is 75.8 Å². The minimum absolute atomic E-state index is 0.538. The molecule has 0 aliphatic rings. The molecule has 0 saturated carbocycles. The average molecular weight is 302 g/mol. The molecule has 0 fully saturated rings. The zero-order chi connectivity index (χ0) is 15.6. The first-order valence-electron chi connectivity index (χ1n) is 8.88. The lowest BCUT2D eigenvalue weighted by Crippen LogP contribution is -2.03. The Balaban J connectivity index is 1.69. The van der Waals surface area contributed by atoms with Crippen molar-refractivity contribution < 1.29 is 0 Å². The standard InChI is InChI=1S/C18H30N4/c1-2-3-4-5-6-7-8-9-10-11-15-12-13-17-18(16(15)14-19)21-22-20-17/h12-13H,2-11,14,19H2,1H3,(H,20,21,22). The number of aromatic amines is 1. The maximum Gasteiger partial charge on any atom is 0.117 e. The summed E-state index contributed by atoms with van der Waals surface area (Å²) in [4.78, 5) is 0. The zero-order valence-electron chi connectivity index (χ0n) is 13.9. The van der Waals surface area contributed by atoms with Gasteiger partial charge in [-0.3, -0.25) is 0 Å². The van der Waals surface area contributed by atoms with E-state index >= 15 is 0 Å². The fourth-order valence-electron chi connectivity index (χ4n) is 3.10. The maximum atomic E-state index is 5.90. The van der Waals surface area contributed by atoms with E-state index in [0.29, 0.717) is 6.54 Å². The van der Waals surface area contributed by atoms with E-state index < -0.39 is 0 Å². The van der Waals surface area contributed by atoms with Gasteiger partial charge in [0.15, 0.2) is 0 Å². The minimum atomic E-state index is 0.538. The molecule has 1 heterocycles. The molecule has 0 spiro atoms. The van der Waals surface area contributed by atoms with Crippen LogP contribution in [0.3, 0.4) is 0 Å². The molecule has 22 heavy (non-hydrogen) atoms. The highest BCUT2D eigenvalue weighted by molar-refractivity contribution is 5.78. The second kappa shape index (κ2) is 9.57. The third-order valence-corrected chi connectivity index (χ3v) is 4.44. The molecular weight excluding hydrogens is 272 g/mol. The van der Waals surface area contributed by atoms with Crippen molar-refractivity contribution in [1.29, 1.82) is 0 Å². The quantitative estimate of drug-likeness (QED) is 0.601. The molecule has 0 saturated heterocycles. The summed E-state index contributed by atoms with van der Waals surface area (Å²) in [7, 11) is 0. The van der Waals surface area contributed by atoms with Crippen molar-refractivity contribution in [3.8, 4) is 0 Å². The van der Waals surface area contributed by atoms with E-state index in [1.165, 1.54) is 63.4 Å². The van der Waals surface area contributed by atoms with Gasteiger partial charge in [0.25, 0.3) is 0 Å². The van der Waals surface area contributed by atoms with Gasteiger partial charge in [-0.2, -0.15) is 15.4 Å². The monoisotopic (exact) mass is 302 g/mol. The van der Waals surface area contributed by atoms with E-state index in [2.05, 4.69) is 28.4 Å². The van der Waals surface area contributed by atoms with Crippen molar-refractivity contribution >= 4 is 11.0 Å². The molecule has 3 N–H and O–H groups in total. The molecule has 2 aromatic rings. The summed E-state index contributed by atoms with van der Waals surface area (Å²) in [5.74, 6) is 0. The first-order chi connectivity index (χ1) is 10.9. The van der Waals surface area contributed by atoms with Crippen LogP contribution in [0.4, 0.5) is 0 Å². The first-order valence-corrected chi connectivity index (χ1v) is 8.88. The number of aromatic nitrogens is 3. The largest absolute Gasteiger partial charge is 0.326 e. The van der Waals surface area contributed by atoms with Crippen LogP contribution in [-0.4, -0.2) is 15.4 Å². The Morgan fingerprint density at radius 1 is 0.909 bits per heavy atom. The molecule has 122 valence electrons. The number of nitrogens with one attached hydrogen (secondary N) is 1. The normalized spacial score (nSPS) is 11.4. The zero-order valence-corrected chi connectivity index (χ0v) is 13.9. The summed E-state index contributed by atoms with van der Waals surface area (Å²) in [6.07, 6.45) is 13.4. The predicted molar refractivity (Wildman–Crippen MR) is 92.7 cm³/mol. The summed E-state index contributed by atoms with van der Waals surface area (Å²) in [5.41, 5.74) is 10.3. The van der Waals surface area contributed by atoms with E-state index in [1.54, 1.807) is 0 Å². The van der Waals surface area contributed by atoms with E-state index in [1.807, 2.05) is 6.07 Å². The van der Waals surface area contributed by atoms with Gasteiger partial charge in [0.1, 0.15) is 11.0 Å². The van der Waals surface area contributed by atoms with Gasteiger partial charge in [-0.15, -0.1) is 0 Å². The Kier molecular flexibility index (Phi) is 7.37. The number of hydrogen-bond donors (Lipinski definition) is 2. The summed E-state index contributed by atoms with van der Waals surface area (Å²) in [6.45, 7) is 2.81. The van der Waals surface area contributed by atoms with Crippen LogP contribution < -0.4 is 5.73 Å². The van der Waals surface area contributed by atoms with Crippen LogP contribution in [0.2, 0.25) is 0 Å². The van der Waals surface area contributed by atoms with Crippen LogP contribution in [-0.2, 0) is 13.0 Å². The van der Waals surface area contributed by atoms with Crippen molar-refractivity contribution in [1.82, 2.24) is 15.4 Å². The highest BCUT2D eigenvalue weighted by Gasteiger charge is 2.09. The average Bonchev–Trinajstić information content (AvgIpc) is 3.01. The third-order valence-electron chi connectivity index (χ3n) is 4.44.